The van der Waals surface area contributed by atoms with E-state index in [2.05, 4.69) is 12.1 Å². The largest absolute Gasteiger partial charge is 0.481 e. The Hall–Kier alpha value is -2.96. The molecule has 2 fully saturated rings. The summed E-state index contributed by atoms with van der Waals surface area (Å²) in [5.74, 6) is -4.74. The van der Waals surface area contributed by atoms with Gasteiger partial charge in [0.25, 0.3) is 0 Å². The molecule has 1 heterocycles. The van der Waals surface area contributed by atoms with Crippen molar-refractivity contribution in [2.75, 3.05) is 19.7 Å². The van der Waals surface area contributed by atoms with E-state index in [1.54, 1.807) is 0 Å². The number of fused-ring (bicyclic) bond motifs is 3. The number of carboxylic acid groups (broad SMARTS) is 1. The highest BCUT2D eigenvalue weighted by atomic mass is 19.3. The van der Waals surface area contributed by atoms with E-state index in [0.29, 0.717) is 0 Å². The van der Waals surface area contributed by atoms with Crippen molar-refractivity contribution >= 4 is 12.1 Å². The summed E-state index contributed by atoms with van der Waals surface area (Å²) in [6.45, 7) is 0.292. The second-order valence-corrected chi connectivity index (χ2v) is 9.29. The molecule has 1 atom stereocenters. The fourth-order valence-corrected chi connectivity index (χ4v) is 5.75. The number of nitrogens with zero attached hydrogens (tertiary/aromatic N) is 1. The van der Waals surface area contributed by atoms with E-state index in [-0.39, 0.29) is 51.3 Å². The van der Waals surface area contributed by atoms with E-state index in [0.717, 1.165) is 22.3 Å². The van der Waals surface area contributed by atoms with Crippen molar-refractivity contribution in [3.05, 3.63) is 59.7 Å². The molecule has 1 N–H and O–H groups in total. The second kappa shape index (κ2) is 7.57. The normalized spacial score (nSPS) is 23.1. The Kier molecular flexibility index (Phi) is 4.95. The number of likely N-dealkylation sites (tertiary alicyclic amines) is 1. The monoisotopic (exact) mass is 441 g/mol. The zero-order valence-electron chi connectivity index (χ0n) is 17.6. The van der Waals surface area contributed by atoms with Crippen LogP contribution < -0.4 is 0 Å². The van der Waals surface area contributed by atoms with Gasteiger partial charge < -0.3 is 14.7 Å². The molecule has 0 bridgehead atoms. The Morgan fingerprint density at radius 3 is 2.09 bits per heavy atom. The first-order valence-electron chi connectivity index (χ1n) is 11.0. The highest BCUT2D eigenvalue weighted by molar-refractivity contribution is 5.79. The third kappa shape index (κ3) is 3.44. The smallest absolute Gasteiger partial charge is 0.409 e. The fraction of sp³-hybridized carbons (Fsp3) is 0.440. The third-order valence-corrected chi connectivity index (χ3v) is 7.52. The van der Waals surface area contributed by atoms with E-state index in [9.17, 15) is 23.5 Å². The van der Waals surface area contributed by atoms with Gasteiger partial charge in [-0.2, -0.15) is 0 Å². The van der Waals surface area contributed by atoms with Crippen molar-refractivity contribution in [1.29, 1.82) is 0 Å². The van der Waals surface area contributed by atoms with Crippen LogP contribution in [0.2, 0.25) is 0 Å². The number of halogens is 2. The van der Waals surface area contributed by atoms with Gasteiger partial charge in [0.15, 0.2) is 0 Å². The van der Waals surface area contributed by atoms with E-state index < -0.39 is 29.3 Å². The number of amides is 1. The molecule has 5 nitrogen and oxygen atoms in total. The molecule has 3 aliphatic rings. The number of carbonyl (C=O) groups excluding carboxylic acids is 1. The van der Waals surface area contributed by atoms with E-state index in [4.69, 9.17) is 4.74 Å². The summed E-state index contributed by atoms with van der Waals surface area (Å²) in [6, 6.07) is 16.0. The summed E-state index contributed by atoms with van der Waals surface area (Å²) >= 11 is 0. The zero-order valence-corrected chi connectivity index (χ0v) is 17.6. The lowest BCUT2D eigenvalue weighted by Gasteiger charge is -2.39. The maximum Gasteiger partial charge on any atom is 0.409 e. The van der Waals surface area contributed by atoms with Crippen LogP contribution in [0.4, 0.5) is 13.6 Å². The fourth-order valence-electron chi connectivity index (χ4n) is 5.75. The highest BCUT2D eigenvalue weighted by Gasteiger charge is 2.55. The van der Waals surface area contributed by atoms with E-state index in [1.165, 1.54) is 4.90 Å². The number of rotatable bonds is 3. The average molecular weight is 441 g/mol. The van der Waals surface area contributed by atoms with Gasteiger partial charge in [-0.25, -0.2) is 13.6 Å². The number of ether oxygens (including phenoxy) is 1. The molecule has 32 heavy (non-hydrogen) atoms. The summed E-state index contributed by atoms with van der Waals surface area (Å²) in [7, 11) is 0. The van der Waals surface area contributed by atoms with Crippen molar-refractivity contribution in [2.24, 2.45) is 11.3 Å². The van der Waals surface area contributed by atoms with Crippen molar-refractivity contribution < 1.29 is 28.2 Å². The zero-order chi connectivity index (χ0) is 22.5. The Morgan fingerprint density at radius 1 is 0.969 bits per heavy atom. The van der Waals surface area contributed by atoms with Crippen LogP contribution in [0.5, 0.6) is 0 Å². The third-order valence-electron chi connectivity index (χ3n) is 7.52. The molecule has 7 heteroatoms. The van der Waals surface area contributed by atoms with Crippen LogP contribution >= 0.6 is 0 Å². The molecule has 0 radical (unpaired) electrons. The molecule has 2 aromatic rings. The molecule has 0 aromatic heterocycles. The van der Waals surface area contributed by atoms with Crippen LogP contribution in [-0.4, -0.2) is 47.7 Å². The lowest BCUT2D eigenvalue weighted by Crippen LogP contribution is -2.41. The number of aliphatic carboxylic acids is 1. The Balaban J connectivity index is 1.31. The standard InChI is InChI=1S/C25H25F2NO4/c26-25(27)11-9-24(10-12-25)15-28(13-21(24)22(29)30)23(31)32-14-20-18-7-3-1-5-16(18)17-6-2-4-8-19(17)20/h1-8,20-21H,9-15H2,(H,29,30). The molecule has 2 aromatic carbocycles. The van der Waals surface area contributed by atoms with Gasteiger partial charge >= 0.3 is 12.1 Å². The minimum absolute atomic E-state index is 0.00240. The van der Waals surface area contributed by atoms with Gasteiger partial charge in [0.05, 0.1) is 5.92 Å². The molecular weight excluding hydrogens is 416 g/mol. The van der Waals surface area contributed by atoms with E-state index in [1.807, 2.05) is 36.4 Å². The van der Waals surface area contributed by atoms with Crippen LogP contribution in [-0.2, 0) is 9.53 Å². The first kappa shape index (κ1) is 20.9. The van der Waals surface area contributed by atoms with Gasteiger partial charge in [0.1, 0.15) is 6.61 Å². The number of carboxylic acids is 1. The molecular formula is C25H25F2NO4. The van der Waals surface area contributed by atoms with Crippen LogP contribution in [0.3, 0.4) is 0 Å². The molecule has 1 saturated heterocycles. The summed E-state index contributed by atoms with van der Waals surface area (Å²) < 4.78 is 33.1. The molecule has 2 aliphatic carbocycles. The first-order valence-corrected chi connectivity index (χ1v) is 11.0. The van der Waals surface area contributed by atoms with Gasteiger partial charge in [-0.15, -0.1) is 0 Å². The molecule has 1 unspecified atom stereocenters. The van der Waals surface area contributed by atoms with Crippen LogP contribution in [0.25, 0.3) is 11.1 Å². The summed E-state index contributed by atoms with van der Waals surface area (Å²) in [5, 5.41) is 9.72. The summed E-state index contributed by atoms with van der Waals surface area (Å²) in [4.78, 5) is 26.2. The molecule has 1 amide bonds. The Bertz CT molecular complexity index is 1010. The van der Waals surface area contributed by atoms with Gasteiger partial charge in [-0.1, -0.05) is 48.5 Å². The molecule has 168 valence electrons. The number of hydrogen-bond acceptors (Lipinski definition) is 3. The van der Waals surface area contributed by atoms with Crippen molar-refractivity contribution in [1.82, 2.24) is 4.90 Å². The first-order chi connectivity index (χ1) is 15.3. The second-order valence-electron chi connectivity index (χ2n) is 9.29. The molecule has 1 aliphatic heterocycles. The Morgan fingerprint density at radius 2 is 1.53 bits per heavy atom. The van der Waals surface area contributed by atoms with Gasteiger partial charge in [-0.05, 0) is 35.1 Å². The Labute approximate surface area is 185 Å². The van der Waals surface area contributed by atoms with Gasteiger partial charge in [0, 0.05) is 37.3 Å². The van der Waals surface area contributed by atoms with Gasteiger partial charge in [0.2, 0.25) is 5.92 Å². The summed E-state index contributed by atoms with van der Waals surface area (Å²) in [5.41, 5.74) is 3.63. The SMILES string of the molecule is O=C(O)C1CN(C(=O)OCC2c3ccccc3-c3ccccc32)CC12CCC(F)(F)CC2. The lowest BCUT2D eigenvalue weighted by atomic mass is 9.67. The predicted octanol–water partition coefficient (Wildman–Crippen LogP) is 5.15. The summed E-state index contributed by atoms with van der Waals surface area (Å²) in [6.07, 6.45) is -1.05. The van der Waals surface area contributed by atoms with Crippen LogP contribution in [0, 0.1) is 11.3 Å². The minimum atomic E-state index is -2.76. The predicted molar refractivity (Wildman–Crippen MR) is 114 cm³/mol. The number of hydrogen-bond donors (Lipinski definition) is 1. The maximum absolute atomic E-state index is 13.7. The number of alkyl halides is 2. The topological polar surface area (TPSA) is 66.8 Å². The van der Waals surface area contributed by atoms with E-state index >= 15 is 0 Å². The van der Waals surface area contributed by atoms with Crippen LogP contribution in [0.1, 0.15) is 42.7 Å². The maximum atomic E-state index is 13.7. The average Bonchev–Trinajstić information content (AvgIpc) is 3.31. The van der Waals surface area contributed by atoms with Crippen LogP contribution in [0.15, 0.2) is 48.5 Å². The number of benzene rings is 2. The van der Waals surface area contributed by atoms with Crippen molar-refractivity contribution in [2.45, 2.75) is 37.5 Å². The van der Waals surface area contributed by atoms with Crippen molar-refractivity contribution in [3.8, 4) is 11.1 Å². The molecule has 1 saturated carbocycles. The van der Waals surface area contributed by atoms with Gasteiger partial charge in [-0.3, -0.25) is 4.79 Å². The quantitative estimate of drug-likeness (QED) is 0.716. The highest BCUT2D eigenvalue weighted by Crippen LogP contribution is 2.52. The number of carbonyl (C=O) groups is 2. The lowest BCUT2D eigenvalue weighted by molar-refractivity contribution is -0.148. The van der Waals surface area contributed by atoms with Crippen molar-refractivity contribution in [3.63, 3.8) is 0 Å². The minimum Gasteiger partial charge on any atom is -0.481 e. The molecule has 1 spiro atoms. The molecule has 5 rings (SSSR count).